The van der Waals surface area contributed by atoms with Crippen molar-refractivity contribution < 1.29 is 4.79 Å². The summed E-state index contributed by atoms with van der Waals surface area (Å²) in [5, 5.41) is 8.18. The van der Waals surface area contributed by atoms with Crippen molar-refractivity contribution >= 4 is 28.3 Å². The third-order valence-corrected chi connectivity index (χ3v) is 7.13. The number of nitrogens with one attached hydrogen (secondary N) is 2. The molecule has 1 fully saturated rings. The molecule has 0 unspecified atom stereocenters. The maximum Gasteiger partial charge on any atom is 0.232 e. The van der Waals surface area contributed by atoms with Crippen molar-refractivity contribution in [2.45, 2.75) is 43.7 Å². The summed E-state index contributed by atoms with van der Waals surface area (Å²) < 4.78 is 0. The number of pyridine rings is 1. The molecule has 1 aliphatic carbocycles. The van der Waals surface area contributed by atoms with Crippen molar-refractivity contribution in [3.63, 3.8) is 0 Å². The molecular weight excluding hydrogens is 444 g/mol. The number of aromatic nitrogens is 1. The van der Waals surface area contributed by atoms with Crippen molar-refractivity contribution in [2.24, 2.45) is 0 Å². The number of fused-ring (bicyclic) bond motifs is 1. The normalized spacial score (nSPS) is 17.6. The van der Waals surface area contributed by atoms with E-state index in [0.717, 1.165) is 59.2 Å². The van der Waals surface area contributed by atoms with Crippen LogP contribution in [0.1, 0.15) is 42.7 Å². The molecule has 5 heteroatoms. The van der Waals surface area contributed by atoms with Gasteiger partial charge in [-0.1, -0.05) is 78.9 Å². The predicted molar refractivity (Wildman–Crippen MR) is 149 cm³/mol. The van der Waals surface area contributed by atoms with Gasteiger partial charge in [0.2, 0.25) is 5.91 Å². The molecule has 0 spiro atoms. The summed E-state index contributed by atoms with van der Waals surface area (Å²) in [4.78, 5) is 20.5. The van der Waals surface area contributed by atoms with Crippen LogP contribution < -0.4 is 15.5 Å². The second kappa shape index (κ2) is 10.8. The van der Waals surface area contributed by atoms with Crippen LogP contribution >= 0.6 is 0 Å². The van der Waals surface area contributed by atoms with Crippen LogP contribution in [0.15, 0.2) is 91.0 Å². The Labute approximate surface area is 213 Å². The average Bonchev–Trinajstić information content (AvgIpc) is 2.91. The summed E-state index contributed by atoms with van der Waals surface area (Å²) in [5.74, 6) is 0.697. The van der Waals surface area contributed by atoms with Crippen LogP contribution in [0.25, 0.3) is 10.9 Å². The van der Waals surface area contributed by atoms with E-state index in [2.05, 4.69) is 53.9 Å². The molecule has 5 rings (SSSR count). The second-order valence-corrected chi connectivity index (χ2v) is 9.89. The fourth-order valence-corrected chi connectivity index (χ4v) is 5.26. The van der Waals surface area contributed by atoms with Crippen molar-refractivity contribution in [1.82, 2.24) is 10.3 Å². The van der Waals surface area contributed by atoms with E-state index in [1.807, 2.05) is 66.7 Å². The van der Waals surface area contributed by atoms with Gasteiger partial charge < -0.3 is 15.5 Å². The quantitative estimate of drug-likeness (QED) is 0.343. The lowest BCUT2D eigenvalue weighted by Crippen LogP contribution is -2.42. The molecule has 5 nitrogen and oxygen atoms in total. The van der Waals surface area contributed by atoms with Crippen molar-refractivity contribution in [3.8, 4) is 0 Å². The Hall–Kier alpha value is -3.86. The van der Waals surface area contributed by atoms with Crippen molar-refractivity contribution in [1.29, 1.82) is 0 Å². The fraction of sp³-hybridized carbons (Fsp3) is 0.290. The maximum atomic E-state index is 13.5. The lowest BCUT2D eigenvalue weighted by atomic mass is 9.88. The molecule has 0 saturated heterocycles. The molecule has 1 aromatic heterocycles. The predicted octanol–water partition coefficient (Wildman–Crippen LogP) is 5.97. The van der Waals surface area contributed by atoms with Crippen LogP contribution in [0.3, 0.4) is 0 Å². The fourth-order valence-electron chi connectivity index (χ4n) is 5.26. The summed E-state index contributed by atoms with van der Waals surface area (Å²) in [6.45, 7) is 0. The molecule has 1 saturated carbocycles. The minimum atomic E-state index is -0.297. The Morgan fingerprint density at radius 2 is 1.36 bits per heavy atom. The van der Waals surface area contributed by atoms with Crippen LogP contribution in [0.4, 0.5) is 11.5 Å². The summed E-state index contributed by atoms with van der Waals surface area (Å²) >= 11 is 0. The Morgan fingerprint density at radius 3 is 1.97 bits per heavy atom. The summed E-state index contributed by atoms with van der Waals surface area (Å²) in [7, 11) is 4.13. The van der Waals surface area contributed by atoms with Gasteiger partial charge in [0.05, 0.1) is 11.4 Å². The lowest BCUT2D eigenvalue weighted by Gasteiger charge is -2.31. The van der Waals surface area contributed by atoms with Crippen molar-refractivity contribution in [2.75, 3.05) is 24.3 Å². The first-order chi connectivity index (χ1) is 17.6. The molecule has 0 bridgehead atoms. The molecule has 184 valence electrons. The summed E-state index contributed by atoms with van der Waals surface area (Å²) in [6, 6.07) is 31.1. The maximum absolute atomic E-state index is 13.5. The first-order valence-electron chi connectivity index (χ1n) is 12.8. The van der Waals surface area contributed by atoms with E-state index in [0.29, 0.717) is 6.04 Å². The van der Waals surface area contributed by atoms with E-state index < -0.39 is 0 Å². The molecule has 1 heterocycles. The van der Waals surface area contributed by atoms with Crippen LogP contribution in [0.2, 0.25) is 0 Å². The number of carbonyl (C=O) groups excluding carboxylic acids is 1. The summed E-state index contributed by atoms with van der Waals surface area (Å²) in [5.41, 5.74) is 4.21. The molecule has 0 atom stereocenters. The van der Waals surface area contributed by atoms with Gasteiger partial charge in [-0.25, -0.2) is 4.98 Å². The van der Waals surface area contributed by atoms with Gasteiger partial charge in [-0.15, -0.1) is 0 Å². The molecule has 0 aliphatic heterocycles. The number of anilines is 2. The minimum Gasteiger partial charge on any atom is -0.377 e. The smallest absolute Gasteiger partial charge is 0.232 e. The number of carbonyl (C=O) groups is 1. The van der Waals surface area contributed by atoms with Gasteiger partial charge in [-0.2, -0.15) is 0 Å². The SMILES string of the molecule is CN(C)c1cc(NC2CCC(NC(=O)C(c3ccccc3)c3ccccc3)CC2)nc2ccccc12. The lowest BCUT2D eigenvalue weighted by molar-refractivity contribution is -0.122. The number of hydrogen-bond donors (Lipinski definition) is 2. The number of hydrogen-bond acceptors (Lipinski definition) is 4. The highest BCUT2D eigenvalue weighted by atomic mass is 16.1. The number of benzene rings is 3. The zero-order valence-corrected chi connectivity index (χ0v) is 21.0. The molecular formula is C31H34N4O. The van der Waals surface area contributed by atoms with Crippen LogP contribution in [0, 0.1) is 0 Å². The molecule has 36 heavy (non-hydrogen) atoms. The Kier molecular flexibility index (Phi) is 7.17. The van der Waals surface area contributed by atoms with Gasteiger partial charge in [0, 0.05) is 43.3 Å². The van der Waals surface area contributed by atoms with E-state index in [-0.39, 0.29) is 17.9 Å². The molecule has 2 N–H and O–H groups in total. The van der Waals surface area contributed by atoms with Gasteiger partial charge in [0.25, 0.3) is 0 Å². The monoisotopic (exact) mass is 478 g/mol. The average molecular weight is 479 g/mol. The van der Waals surface area contributed by atoms with Gasteiger partial charge in [0.15, 0.2) is 0 Å². The van der Waals surface area contributed by atoms with Crippen LogP contribution in [-0.4, -0.2) is 37.1 Å². The Balaban J connectivity index is 1.24. The number of rotatable bonds is 7. The highest BCUT2D eigenvalue weighted by Crippen LogP contribution is 2.30. The second-order valence-electron chi connectivity index (χ2n) is 9.89. The number of amides is 1. The zero-order valence-electron chi connectivity index (χ0n) is 21.0. The van der Waals surface area contributed by atoms with E-state index >= 15 is 0 Å². The van der Waals surface area contributed by atoms with E-state index in [9.17, 15) is 4.79 Å². The van der Waals surface area contributed by atoms with Crippen molar-refractivity contribution in [3.05, 3.63) is 102 Å². The molecule has 3 aromatic carbocycles. The highest BCUT2D eigenvalue weighted by Gasteiger charge is 2.28. The molecule has 1 aliphatic rings. The first kappa shape index (κ1) is 23.9. The van der Waals surface area contributed by atoms with Gasteiger partial charge >= 0.3 is 0 Å². The Morgan fingerprint density at radius 1 is 0.806 bits per heavy atom. The van der Waals surface area contributed by atoms with Gasteiger partial charge in [-0.3, -0.25) is 4.79 Å². The van der Waals surface area contributed by atoms with Gasteiger partial charge in [0.1, 0.15) is 5.82 Å². The molecule has 4 aromatic rings. The van der Waals surface area contributed by atoms with E-state index in [4.69, 9.17) is 4.98 Å². The molecule has 0 radical (unpaired) electrons. The third kappa shape index (κ3) is 5.35. The van der Waals surface area contributed by atoms with Gasteiger partial charge in [-0.05, 0) is 42.9 Å². The van der Waals surface area contributed by atoms with E-state index in [1.54, 1.807) is 0 Å². The molecule has 1 amide bonds. The summed E-state index contributed by atoms with van der Waals surface area (Å²) in [6.07, 6.45) is 3.90. The highest BCUT2D eigenvalue weighted by molar-refractivity contribution is 5.93. The number of para-hydroxylation sites is 1. The van der Waals surface area contributed by atoms with Crippen LogP contribution in [-0.2, 0) is 4.79 Å². The standard InChI is InChI=1S/C31H34N4O/c1-35(2)28-21-29(34-27-16-10-9-15-26(27)28)32-24-17-19-25(20-18-24)33-31(36)30(22-11-5-3-6-12-22)23-13-7-4-8-14-23/h3-16,21,24-25,30H,17-20H2,1-2H3,(H,32,34)(H,33,36). The van der Waals surface area contributed by atoms with E-state index in [1.165, 1.54) is 0 Å². The Bertz CT molecular complexity index is 1260. The minimum absolute atomic E-state index is 0.0793. The topological polar surface area (TPSA) is 57.3 Å². The van der Waals surface area contributed by atoms with Crippen LogP contribution in [0.5, 0.6) is 0 Å². The first-order valence-corrected chi connectivity index (χ1v) is 12.8. The largest absolute Gasteiger partial charge is 0.377 e. The zero-order chi connectivity index (χ0) is 24.9. The third-order valence-electron chi connectivity index (χ3n) is 7.13. The number of nitrogens with zero attached hydrogens (tertiary/aromatic N) is 2.